The molecule has 3 saturated heterocycles. The lowest BCUT2D eigenvalue weighted by Crippen LogP contribution is -2.56. The monoisotopic (exact) mass is 210 g/mol. The highest BCUT2D eigenvalue weighted by Crippen LogP contribution is 2.35. The van der Waals surface area contributed by atoms with Crippen LogP contribution in [0, 0.1) is 0 Å². The minimum Gasteiger partial charge on any atom is -0.379 e. The lowest BCUT2D eigenvalue weighted by molar-refractivity contribution is -0.147. The Hall–Kier alpha value is -0.450. The summed E-state index contributed by atoms with van der Waals surface area (Å²) in [7, 11) is 0. The van der Waals surface area contributed by atoms with Crippen LogP contribution in [0.15, 0.2) is 0 Å². The van der Waals surface area contributed by atoms with Gasteiger partial charge in [0.05, 0.1) is 13.2 Å². The highest BCUT2D eigenvalue weighted by atomic mass is 16.5. The Bertz CT molecular complexity index is 247. The second-order valence-electron chi connectivity index (χ2n) is 4.78. The minimum absolute atomic E-state index is 0.465. The number of rotatable bonds is 1. The van der Waals surface area contributed by atoms with Gasteiger partial charge in [-0.2, -0.15) is 0 Å². The Morgan fingerprint density at radius 2 is 1.67 bits per heavy atom. The SMILES string of the molecule is O=C1CC2CCC(C1)N2N1CCOCC1. The smallest absolute Gasteiger partial charge is 0.136 e. The van der Waals surface area contributed by atoms with Crippen LogP contribution < -0.4 is 0 Å². The summed E-state index contributed by atoms with van der Waals surface area (Å²) in [6, 6.07) is 0.990. The molecule has 3 fully saturated rings. The van der Waals surface area contributed by atoms with Gasteiger partial charge in [0.2, 0.25) is 0 Å². The molecule has 3 aliphatic heterocycles. The van der Waals surface area contributed by atoms with E-state index in [2.05, 4.69) is 10.0 Å². The molecular formula is C11H18N2O2. The first-order valence-electron chi connectivity index (χ1n) is 5.97. The Labute approximate surface area is 90.1 Å². The third-order valence-electron chi connectivity index (χ3n) is 3.82. The van der Waals surface area contributed by atoms with Crippen molar-refractivity contribution in [3.05, 3.63) is 0 Å². The summed E-state index contributed by atoms with van der Waals surface area (Å²) in [4.78, 5) is 11.5. The lowest BCUT2D eigenvalue weighted by atomic mass is 10.0. The predicted octanol–water partition coefficient (Wildman–Crippen LogP) is 0.429. The molecule has 3 rings (SSSR count). The number of carbonyl (C=O) groups excluding carboxylic acids is 1. The van der Waals surface area contributed by atoms with Crippen molar-refractivity contribution in [1.29, 1.82) is 0 Å². The second kappa shape index (κ2) is 3.85. The third-order valence-corrected chi connectivity index (χ3v) is 3.82. The summed E-state index contributed by atoms with van der Waals surface area (Å²) in [6.45, 7) is 3.68. The van der Waals surface area contributed by atoms with Crippen molar-refractivity contribution >= 4 is 5.78 Å². The van der Waals surface area contributed by atoms with Gasteiger partial charge in [-0.05, 0) is 12.8 Å². The number of hydrogen-bond acceptors (Lipinski definition) is 4. The van der Waals surface area contributed by atoms with Gasteiger partial charge in [-0.25, -0.2) is 10.0 Å². The maximum absolute atomic E-state index is 11.5. The van der Waals surface area contributed by atoms with Crippen LogP contribution in [0.5, 0.6) is 0 Å². The molecule has 4 heteroatoms. The predicted molar refractivity (Wildman–Crippen MR) is 55.3 cm³/mol. The van der Waals surface area contributed by atoms with Crippen LogP contribution in [-0.4, -0.2) is 54.2 Å². The second-order valence-corrected chi connectivity index (χ2v) is 4.78. The number of carbonyl (C=O) groups is 1. The van der Waals surface area contributed by atoms with Crippen molar-refractivity contribution in [2.75, 3.05) is 26.3 Å². The quantitative estimate of drug-likeness (QED) is 0.628. The normalized spacial score (nSPS) is 38.5. The van der Waals surface area contributed by atoms with Crippen molar-refractivity contribution < 1.29 is 9.53 Å². The van der Waals surface area contributed by atoms with Gasteiger partial charge < -0.3 is 4.74 Å². The molecule has 0 aromatic carbocycles. The molecule has 2 atom stereocenters. The number of fused-ring (bicyclic) bond motifs is 2. The molecule has 15 heavy (non-hydrogen) atoms. The van der Waals surface area contributed by atoms with Crippen LogP contribution >= 0.6 is 0 Å². The van der Waals surface area contributed by atoms with Crippen LogP contribution in [-0.2, 0) is 9.53 Å². The molecule has 4 nitrogen and oxygen atoms in total. The van der Waals surface area contributed by atoms with Gasteiger partial charge in [0.25, 0.3) is 0 Å². The fourth-order valence-corrected chi connectivity index (χ4v) is 3.19. The number of Topliss-reactive ketones (excluding diaryl/α,β-unsaturated/α-hetero) is 1. The molecule has 0 saturated carbocycles. The zero-order valence-corrected chi connectivity index (χ0v) is 9.02. The standard InChI is InChI=1S/C11H18N2O2/c14-11-7-9-1-2-10(8-11)13(9)12-3-5-15-6-4-12/h9-10H,1-8H2. The van der Waals surface area contributed by atoms with Crippen molar-refractivity contribution in [2.45, 2.75) is 37.8 Å². The summed E-state index contributed by atoms with van der Waals surface area (Å²) in [6.07, 6.45) is 3.95. The fourth-order valence-electron chi connectivity index (χ4n) is 3.19. The van der Waals surface area contributed by atoms with Crippen molar-refractivity contribution in [2.24, 2.45) is 0 Å². The van der Waals surface area contributed by atoms with Crippen LogP contribution in [0.2, 0.25) is 0 Å². The first kappa shape index (κ1) is 9.75. The molecule has 3 heterocycles. The number of ketones is 1. The zero-order chi connectivity index (χ0) is 10.3. The molecule has 0 spiro atoms. The Balaban J connectivity index is 1.73. The van der Waals surface area contributed by atoms with Gasteiger partial charge in [0.1, 0.15) is 5.78 Å². The zero-order valence-electron chi connectivity index (χ0n) is 9.02. The van der Waals surface area contributed by atoms with E-state index in [4.69, 9.17) is 4.74 Å². The molecule has 0 aliphatic carbocycles. The Morgan fingerprint density at radius 3 is 2.27 bits per heavy atom. The van der Waals surface area contributed by atoms with Crippen molar-refractivity contribution in [3.63, 3.8) is 0 Å². The van der Waals surface area contributed by atoms with E-state index < -0.39 is 0 Å². The minimum atomic E-state index is 0.465. The maximum Gasteiger partial charge on any atom is 0.136 e. The van der Waals surface area contributed by atoms with E-state index in [1.165, 1.54) is 12.8 Å². The maximum atomic E-state index is 11.5. The number of hydrazine groups is 1. The Kier molecular flexibility index (Phi) is 2.50. The lowest BCUT2D eigenvalue weighted by Gasteiger charge is -2.43. The van der Waals surface area contributed by atoms with E-state index >= 15 is 0 Å². The van der Waals surface area contributed by atoms with Crippen LogP contribution in [0.1, 0.15) is 25.7 Å². The van der Waals surface area contributed by atoms with E-state index in [9.17, 15) is 4.79 Å². The fraction of sp³-hybridized carbons (Fsp3) is 0.909. The van der Waals surface area contributed by atoms with E-state index in [1.807, 2.05) is 0 Å². The van der Waals surface area contributed by atoms with E-state index in [1.54, 1.807) is 0 Å². The summed E-state index contributed by atoms with van der Waals surface area (Å²) in [5.74, 6) is 0.465. The number of hydrogen-bond donors (Lipinski definition) is 0. The van der Waals surface area contributed by atoms with E-state index in [0.29, 0.717) is 17.9 Å². The first-order chi connectivity index (χ1) is 7.34. The largest absolute Gasteiger partial charge is 0.379 e. The summed E-state index contributed by atoms with van der Waals surface area (Å²) in [5, 5.41) is 4.90. The van der Waals surface area contributed by atoms with Gasteiger partial charge >= 0.3 is 0 Å². The molecule has 2 unspecified atom stereocenters. The number of nitrogens with zero attached hydrogens (tertiary/aromatic N) is 2. The molecule has 0 aromatic rings. The topological polar surface area (TPSA) is 32.8 Å². The summed E-state index contributed by atoms with van der Waals surface area (Å²) >= 11 is 0. The van der Waals surface area contributed by atoms with Gasteiger partial charge in [0.15, 0.2) is 0 Å². The molecule has 3 aliphatic rings. The summed E-state index contributed by atoms with van der Waals surface area (Å²) in [5.41, 5.74) is 0. The number of piperidine rings is 1. The first-order valence-corrected chi connectivity index (χ1v) is 5.97. The van der Waals surface area contributed by atoms with Gasteiger partial charge in [0, 0.05) is 38.0 Å². The van der Waals surface area contributed by atoms with Crippen LogP contribution in [0.3, 0.4) is 0 Å². The number of ether oxygens (including phenoxy) is 1. The Morgan fingerprint density at radius 1 is 1.07 bits per heavy atom. The third kappa shape index (κ3) is 1.71. The highest BCUT2D eigenvalue weighted by molar-refractivity contribution is 5.80. The average Bonchev–Trinajstić information content (AvgIpc) is 2.53. The number of morpholine rings is 1. The molecule has 2 bridgehead atoms. The molecule has 0 radical (unpaired) electrons. The molecule has 0 N–H and O–H groups in total. The van der Waals surface area contributed by atoms with Gasteiger partial charge in [-0.3, -0.25) is 4.79 Å². The van der Waals surface area contributed by atoms with E-state index in [-0.39, 0.29) is 0 Å². The molecule has 0 amide bonds. The van der Waals surface area contributed by atoms with Gasteiger partial charge in [-0.15, -0.1) is 0 Å². The van der Waals surface area contributed by atoms with Crippen molar-refractivity contribution in [3.8, 4) is 0 Å². The van der Waals surface area contributed by atoms with Crippen molar-refractivity contribution in [1.82, 2.24) is 10.0 Å². The van der Waals surface area contributed by atoms with Gasteiger partial charge in [-0.1, -0.05) is 0 Å². The highest BCUT2D eigenvalue weighted by Gasteiger charge is 2.43. The average molecular weight is 210 g/mol. The van der Waals surface area contributed by atoms with E-state index in [0.717, 1.165) is 39.1 Å². The summed E-state index contributed by atoms with van der Waals surface area (Å²) < 4.78 is 5.37. The molecule has 0 aromatic heterocycles. The van der Waals surface area contributed by atoms with Crippen LogP contribution in [0.25, 0.3) is 0 Å². The molecular weight excluding hydrogens is 192 g/mol. The molecule has 84 valence electrons. The van der Waals surface area contributed by atoms with Crippen LogP contribution in [0.4, 0.5) is 0 Å².